The van der Waals surface area contributed by atoms with E-state index < -0.39 is 22.8 Å². The molecule has 0 spiro atoms. The summed E-state index contributed by atoms with van der Waals surface area (Å²) in [6.45, 7) is 0. The van der Waals surface area contributed by atoms with Crippen molar-refractivity contribution in [1.29, 1.82) is 0 Å². The minimum absolute atomic E-state index is 0.276. The highest BCUT2D eigenvalue weighted by atomic mass is 32.2. The van der Waals surface area contributed by atoms with Crippen molar-refractivity contribution < 1.29 is 14.1 Å². The molecule has 0 aromatic heterocycles. The molecule has 0 saturated heterocycles. The van der Waals surface area contributed by atoms with Crippen LogP contribution in [0.1, 0.15) is 6.42 Å². The SMILES string of the molecule is [13CH3]S(=O)CC[C@H](N)C(=O)O. The number of aliphatic carboxylic acids is 1. The van der Waals surface area contributed by atoms with E-state index in [1.807, 2.05) is 0 Å². The van der Waals surface area contributed by atoms with Crippen LogP contribution in [0.15, 0.2) is 0 Å². The molecule has 60 valence electrons. The van der Waals surface area contributed by atoms with E-state index in [9.17, 15) is 9.00 Å². The lowest BCUT2D eigenvalue weighted by molar-refractivity contribution is -0.138. The first-order chi connectivity index (χ1) is 4.54. The molecule has 5 heteroatoms. The average molecular weight is 166 g/mol. The maximum Gasteiger partial charge on any atom is 0.320 e. The maximum absolute atomic E-state index is 10.4. The summed E-state index contributed by atoms with van der Waals surface area (Å²) in [5.41, 5.74) is 5.13. The van der Waals surface area contributed by atoms with Crippen molar-refractivity contribution >= 4 is 16.8 Å². The number of carbonyl (C=O) groups is 1. The molecule has 0 bridgehead atoms. The van der Waals surface area contributed by atoms with E-state index in [1.165, 1.54) is 6.26 Å². The van der Waals surface area contributed by atoms with Crippen LogP contribution in [-0.4, -0.2) is 33.3 Å². The molecule has 1 unspecified atom stereocenters. The number of rotatable bonds is 4. The third kappa shape index (κ3) is 4.46. The van der Waals surface area contributed by atoms with Crippen molar-refractivity contribution in [2.24, 2.45) is 5.73 Å². The molecule has 0 saturated carbocycles. The second-order valence-electron chi connectivity index (χ2n) is 2.01. The van der Waals surface area contributed by atoms with Crippen LogP contribution in [-0.2, 0) is 15.6 Å². The van der Waals surface area contributed by atoms with E-state index in [-0.39, 0.29) is 6.42 Å². The van der Waals surface area contributed by atoms with Gasteiger partial charge in [0.2, 0.25) is 0 Å². The fourth-order valence-corrected chi connectivity index (χ4v) is 1.00. The molecule has 0 aliphatic carbocycles. The fraction of sp³-hybridized carbons (Fsp3) is 0.800. The molecule has 0 rings (SSSR count). The molecule has 3 N–H and O–H groups in total. The fourth-order valence-electron chi connectivity index (χ4n) is 0.416. The topological polar surface area (TPSA) is 80.4 Å². The Kier molecular flexibility index (Phi) is 4.22. The Bertz CT molecular complexity index is 148. The molecule has 0 aliphatic heterocycles. The Labute approximate surface area is 61.9 Å². The Balaban J connectivity index is 3.49. The summed E-state index contributed by atoms with van der Waals surface area (Å²) >= 11 is 0. The van der Waals surface area contributed by atoms with Gasteiger partial charge in [0.25, 0.3) is 0 Å². The summed E-state index contributed by atoms with van der Waals surface area (Å²) in [5.74, 6) is -0.682. The molecule has 0 radical (unpaired) electrons. The van der Waals surface area contributed by atoms with Gasteiger partial charge in [-0.2, -0.15) is 0 Å². The average Bonchev–Trinajstić information content (AvgIpc) is 1.82. The lowest BCUT2D eigenvalue weighted by Crippen LogP contribution is -2.31. The van der Waals surface area contributed by atoms with Crippen molar-refractivity contribution in [2.45, 2.75) is 12.5 Å². The Hall–Kier alpha value is -0.420. The third-order valence-electron chi connectivity index (χ3n) is 1.03. The van der Waals surface area contributed by atoms with Gasteiger partial charge in [-0.3, -0.25) is 9.00 Å². The summed E-state index contributed by atoms with van der Waals surface area (Å²) in [7, 11) is -0.946. The zero-order valence-electron chi connectivity index (χ0n) is 5.74. The first-order valence-electron chi connectivity index (χ1n) is 2.82. The molecule has 0 heterocycles. The van der Waals surface area contributed by atoms with Gasteiger partial charge >= 0.3 is 5.97 Å². The lowest BCUT2D eigenvalue weighted by atomic mass is 10.2. The van der Waals surface area contributed by atoms with Crippen molar-refractivity contribution in [3.05, 3.63) is 0 Å². The molecular weight excluding hydrogens is 155 g/mol. The standard InChI is InChI=1S/C5H11NO3S/c1-10(9)3-2-4(6)5(7)8/h4H,2-3,6H2,1H3,(H,7,8)/t4-,10?/m0/s1/i1+1. The predicted octanol–water partition coefficient (Wildman–Crippen LogP) is -0.833. The van der Waals surface area contributed by atoms with Crippen molar-refractivity contribution in [2.75, 3.05) is 12.0 Å². The largest absolute Gasteiger partial charge is 0.480 e. The van der Waals surface area contributed by atoms with Crippen LogP contribution in [0.2, 0.25) is 0 Å². The number of hydrogen-bond acceptors (Lipinski definition) is 3. The molecular formula is C5H11NO3S. The van der Waals surface area contributed by atoms with Gasteiger partial charge in [-0.1, -0.05) is 0 Å². The van der Waals surface area contributed by atoms with Gasteiger partial charge in [0.05, 0.1) is 0 Å². The monoisotopic (exact) mass is 166 g/mol. The Morgan fingerprint density at radius 1 is 1.80 bits per heavy atom. The minimum Gasteiger partial charge on any atom is -0.480 e. The quantitative estimate of drug-likeness (QED) is 0.534. The van der Waals surface area contributed by atoms with Crippen molar-refractivity contribution in [1.82, 2.24) is 0 Å². The molecule has 0 aromatic rings. The molecule has 0 aromatic carbocycles. The Morgan fingerprint density at radius 2 is 2.30 bits per heavy atom. The van der Waals surface area contributed by atoms with Gasteiger partial charge in [0.15, 0.2) is 0 Å². The van der Waals surface area contributed by atoms with Crippen LogP contribution in [0.4, 0.5) is 0 Å². The molecule has 0 aliphatic rings. The Morgan fingerprint density at radius 3 is 2.60 bits per heavy atom. The zero-order chi connectivity index (χ0) is 8.15. The summed E-state index contributed by atoms with van der Waals surface area (Å²) < 4.78 is 10.4. The van der Waals surface area contributed by atoms with E-state index >= 15 is 0 Å². The zero-order valence-corrected chi connectivity index (χ0v) is 6.56. The molecule has 10 heavy (non-hydrogen) atoms. The van der Waals surface area contributed by atoms with Crippen molar-refractivity contribution in [3.8, 4) is 0 Å². The number of carboxylic acids is 1. The van der Waals surface area contributed by atoms with E-state index in [2.05, 4.69) is 0 Å². The number of hydrogen-bond donors (Lipinski definition) is 2. The van der Waals surface area contributed by atoms with Crippen LogP contribution in [0, 0.1) is 0 Å². The normalized spacial score (nSPS) is 16.2. The van der Waals surface area contributed by atoms with Crippen LogP contribution in [0.25, 0.3) is 0 Å². The molecule has 0 fully saturated rings. The van der Waals surface area contributed by atoms with Crippen LogP contribution >= 0.6 is 0 Å². The molecule has 4 nitrogen and oxygen atoms in total. The van der Waals surface area contributed by atoms with Gasteiger partial charge < -0.3 is 10.8 Å². The smallest absolute Gasteiger partial charge is 0.320 e. The molecule has 2 atom stereocenters. The summed E-state index contributed by atoms with van der Waals surface area (Å²) in [4.78, 5) is 10.1. The minimum atomic E-state index is -1.04. The predicted molar refractivity (Wildman–Crippen MR) is 39.2 cm³/mol. The van der Waals surface area contributed by atoms with E-state index in [0.717, 1.165) is 0 Å². The van der Waals surface area contributed by atoms with E-state index in [4.69, 9.17) is 10.8 Å². The van der Waals surface area contributed by atoms with Crippen LogP contribution in [0.5, 0.6) is 0 Å². The highest BCUT2D eigenvalue weighted by Gasteiger charge is 2.10. The molecule has 0 amide bonds. The second-order valence-corrected chi connectivity index (χ2v) is 3.57. The van der Waals surface area contributed by atoms with Gasteiger partial charge in [-0.15, -0.1) is 0 Å². The maximum atomic E-state index is 10.4. The van der Waals surface area contributed by atoms with Crippen LogP contribution in [0.3, 0.4) is 0 Å². The van der Waals surface area contributed by atoms with Crippen molar-refractivity contribution in [3.63, 3.8) is 0 Å². The van der Waals surface area contributed by atoms with Gasteiger partial charge in [-0.05, 0) is 6.42 Å². The van der Waals surface area contributed by atoms with Gasteiger partial charge in [0, 0.05) is 22.8 Å². The first kappa shape index (κ1) is 9.58. The van der Waals surface area contributed by atoms with E-state index in [1.54, 1.807) is 0 Å². The first-order valence-corrected chi connectivity index (χ1v) is 4.55. The lowest BCUT2D eigenvalue weighted by Gasteiger charge is -2.02. The summed E-state index contributed by atoms with van der Waals surface area (Å²) in [5, 5.41) is 8.27. The highest BCUT2D eigenvalue weighted by Crippen LogP contribution is 1.89. The van der Waals surface area contributed by atoms with Gasteiger partial charge in [0.1, 0.15) is 6.04 Å². The van der Waals surface area contributed by atoms with Gasteiger partial charge in [-0.25, -0.2) is 0 Å². The summed E-state index contributed by atoms with van der Waals surface area (Å²) in [6.07, 6.45) is 1.80. The summed E-state index contributed by atoms with van der Waals surface area (Å²) in [6, 6.07) is -0.871. The second kappa shape index (κ2) is 4.40. The highest BCUT2D eigenvalue weighted by molar-refractivity contribution is 7.84. The number of nitrogens with two attached hydrogens (primary N) is 1. The van der Waals surface area contributed by atoms with Crippen LogP contribution < -0.4 is 5.73 Å². The number of carboxylic acid groups (broad SMARTS) is 1. The van der Waals surface area contributed by atoms with E-state index in [0.29, 0.717) is 5.75 Å². The third-order valence-corrected chi connectivity index (χ3v) is 1.84.